The van der Waals surface area contributed by atoms with Gasteiger partial charge in [0.15, 0.2) is 5.75 Å². The average molecular weight is 641 g/mol. The molecule has 0 aromatic heterocycles. The third-order valence-corrected chi connectivity index (χ3v) is 8.23. The maximum Gasteiger partial charge on any atom is 0.415 e. The first-order chi connectivity index (χ1) is 22.7. The summed E-state index contributed by atoms with van der Waals surface area (Å²) >= 11 is 6.57. The van der Waals surface area contributed by atoms with E-state index in [1.54, 1.807) is 24.1 Å². The Kier molecular flexibility index (Phi) is 11.0. The van der Waals surface area contributed by atoms with Gasteiger partial charge in [0.25, 0.3) is 0 Å². The smallest absolute Gasteiger partial charge is 0.415 e. The number of carbonyl (C=O) groups is 3. The van der Waals surface area contributed by atoms with Crippen LogP contribution in [0.25, 0.3) is 10.8 Å². The Labute approximate surface area is 272 Å². The van der Waals surface area contributed by atoms with Gasteiger partial charge in [-0.1, -0.05) is 60.5 Å². The molecule has 0 radical (unpaired) electrons. The van der Waals surface area contributed by atoms with E-state index in [0.717, 1.165) is 21.9 Å². The van der Waals surface area contributed by atoms with Crippen LogP contribution in [0.2, 0.25) is 5.02 Å². The Balaban J connectivity index is 1.47. The number of hydrogen-bond donors (Lipinski definition) is 3. The van der Waals surface area contributed by atoms with E-state index < -0.39 is 24.1 Å². The van der Waals surface area contributed by atoms with Gasteiger partial charge in [-0.25, -0.2) is 4.79 Å². The molecule has 5 N–H and O–H groups in total. The molecule has 3 amide bonds. The molecule has 0 spiro atoms. The predicted octanol–water partition coefficient (Wildman–Crippen LogP) is 3.35. The van der Waals surface area contributed by atoms with Crippen molar-refractivity contribution in [1.29, 1.82) is 0 Å². The monoisotopic (exact) mass is 640 g/mol. The molecule has 0 aliphatic carbocycles. The first-order valence-corrected chi connectivity index (χ1v) is 15.2. The highest BCUT2D eigenvalue weighted by Gasteiger charge is 2.39. The van der Waals surface area contributed by atoms with Crippen LogP contribution in [0.15, 0.2) is 54.6 Å². The highest BCUT2D eigenvalue weighted by Crippen LogP contribution is 2.33. The minimum atomic E-state index is -1.02. The molecule has 12 heteroatoms. The lowest BCUT2D eigenvalue weighted by atomic mass is 10.0. The van der Waals surface area contributed by atoms with E-state index in [1.165, 1.54) is 9.80 Å². The standard InChI is InChI=1S/C33H43ClN6O5/c1-38(2)15-7-6-10-26(36)32(42)40-17-16-39(33(43)45-28-14-13-23-8-4-5-9-25(23)30(28)34)21-27(40)31(41)37-20-22-11-12-24(19-35)29(18-22)44-3/h4-5,8-9,11-14,18,26-27H,6-7,10,15-17,19-21,35-36H2,1-3H3,(H,37,41)/t26-,27-/m0/s1/i1D,2D. The van der Waals surface area contributed by atoms with Crippen molar-refractivity contribution in [2.75, 3.05) is 47.3 Å². The number of unbranched alkanes of at least 4 members (excludes halogenated alkanes) is 1. The molecule has 3 aromatic rings. The number of benzene rings is 3. The fourth-order valence-electron chi connectivity index (χ4n) is 5.30. The molecule has 1 saturated heterocycles. The molecule has 1 fully saturated rings. The third kappa shape index (κ3) is 8.64. The lowest BCUT2D eigenvalue weighted by Crippen LogP contribution is -2.64. The van der Waals surface area contributed by atoms with Crippen molar-refractivity contribution in [3.05, 3.63) is 70.7 Å². The lowest BCUT2D eigenvalue weighted by Gasteiger charge is -2.41. The second kappa shape index (κ2) is 15.9. The predicted molar refractivity (Wildman–Crippen MR) is 175 cm³/mol. The van der Waals surface area contributed by atoms with Gasteiger partial charge in [-0.15, -0.1) is 0 Å². The van der Waals surface area contributed by atoms with Crippen molar-refractivity contribution >= 4 is 40.3 Å². The van der Waals surface area contributed by atoms with Crippen LogP contribution in [0.1, 0.15) is 33.1 Å². The van der Waals surface area contributed by atoms with Crippen LogP contribution in [-0.2, 0) is 22.7 Å². The number of piperazine rings is 1. The first kappa shape index (κ1) is 31.1. The third-order valence-electron chi connectivity index (χ3n) is 7.84. The van der Waals surface area contributed by atoms with Crippen molar-refractivity contribution in [3.8, 4) is 11.5 Å². The quantitative estimate of drug-likeness (QED) is 0.256. The molecule has 0 unspecified atom stereocenters. The van der Waals surface area contributed by atoms with Gasteiger partial charge in [0.1, 0.15) is 11.8 Å². The Morgan fingerprint density at radius 1 is 1.11 bits per heavy atom. The zero-order valence-electron chi connectivity index (χ0n) is 27.5. The lowest BCUT2D eigenvalue weighted by molar-refractivity contribution is -0.144. The van der Waals surface area contributed by atoms with Crippen molar-refractivity contribution in [2.45, 2.75) is 44.4 Å². The zero-order valence-corrected chi connectivity index (χ0v) is 26.3. The number of nitrogens with one attached hydrogen (secondary N) is 1. The molecule has 45 heavy (non-hydrogen) atoms. The number of hydrogen-bond acceptors (Lipinski definition) is 8. The minimum Gasteiger partial charge on any atom is -0.496 e. The summed E-state index contributed by atoms with van der Waals surface area (Å²) in [7, 11) is 1.62. The van der Waals surface area contributed by atoms with Crippen molar-refractivity contribution in [1.82, 2.24) is 20.0 Å². The maximum atomic E-state index is 13.7. The van der Waals surface area contributed by atoms with Crippen LogP contribution in [-0.4, -0.2) is 92.0 Å². The molecule has 242 valence electrons. The second-order valence-electron chi connectivity index (χ2n) is 11.0. The summed E-state index contributed by atoms with van der Waals surface area (Å²) in [4.78, 5) is 45.1. The van der Waals surface area contributed by atoms with Gasteiger partial charge in [0.2, 0.25) is 11.8 Å². The molecule has 4 rings (SSSR count). The number of carbonyl (C=O) groups excluding carboxylic acids is 3. The number of fused-ring (bicyclic) bond motifs is 1. The SMILES string of the molecule is [2H]CN(C[2H])CCCC[C@H](N)C(=O)N1CCN(C(=O)Oc2ccc3ccccc3c2Cl)C[C@H]1C(=O)NCc1ccc(CN)c(OC)c1. The van der Waals surface area contributed by atoms with Gasteiger partial charge >= 0.3 is 6.09 Å². The number of halogens is 1. The van der Waals surface area contributed by atoms with Crippen LogP contribution < -0.4 is 26.3 Å². The highest BCUT2D eigenvalue weighted by molar-refractivity contribution is 6.37. The summed E-state index contributed by atoms with van der Waals surface area (Å²) in [5.74, 6) is -0.0338. The van der Waals surface area contributed by atoms with Gasteiger partial charge in [-0.3, -0.25) is 9.59 Å². The molecule has 3 aromatic carbocycles. The van der Waals surface area contributed by atoms with Crippen LogP contribution in [0.3, 0.4) is 0 Å². The molecular weight excluding hydrogens is 596 g/mol. The molecule has 2 atom stereocenters. The molecule has 11 nitrogen and oxygen atoms in total. The van der Waals surface area contributed by atoms with Gasteiger partial charge in [0, 0.05) is 39.9 Å². The fraction of sp³-hybridized carbons (Fsp3) is 0.424. The van der Waals surface area contributed by atoms with E-state index in [9.17, 15) is 14.4 Å². The minimum absolute atomic E-state index is 0.0367. The van der Waals surface area contributed by atoms with E-state index in [4.69, 9.17) is 35.3 Å². The summed E-state index contributed by atoms with van der Waals surface area (Å²) in [6, 6.07) is 14.5. The van der Waals surface area contributed by atoms with Crippen molar-refractivity contribution in [3.63, 3.8) is 0 Å². The summed E-state index contributed by atoms with van der Waals surface area (Å²) in [5, 5.41) is 4.84. The van der Waals surface area contributed by atoms with Crippen molar-refractivity contribution in [2.24, 2.45) is 11.5 Å². The topological polar surface area (TPSA) is 143 Å². The van der Waals surface area contributed by atoms with E-state index in [1.807, 2.05) is 42.5 Å². The van der Waals surface area contributed by atoms with E-state index >= 15 is 0 Å². The number of methoxy groups -OCH3 is 1. The van der Waals surface area contributed by atoms with E-state index in [0.29, 0.717) is 43.1 Å². The number of nitrogens with two attached hydrogens (primary N) is 2. The molecule has 1 aliphatic heterocycles. The number of nitrogens with zero attached hydrogens (tertiary/aromatic N) is 3. The van der Waals surface area contributed by atoms with Gasteiger partial charge in [-0.05, 0) is 56.5 Å². The van der Waals surface area contributed by atoms with E-state index in [2.05, 4.69) is 5.32 Å². The molecule has 1 aliphatic rings. The Morgan fingerprint density at radius 3 is 2.67 bits per heavy atom. The summed E-state index contributed by atoms with van der Waals surface area (Å²) in [6.45, 7) is 1.13. The Morgan fingerprint density at radius 2 is 1.91 bits per heavy atom. The average Bonchev–Trinajstić information content (AvgIpc) is 3.11. The Bertz CT molecular complexity index is 1540. The second-order valence-corrected chi connectivity index (χ2v) is 11.4. The molecular formula is C33H43ClN6O5. The largest absolute Gasteiger partial charge is 0.496 e. The van der Waals surface area contributed by atoms with E-state index in [-0.39, 0.29) is 51.9 Å². The normalized spacial score (nSPS) is 16.2. The van der Waals surface area contributed by atoms with Crippen molar-refractivity contribution < 1.29 is 26.6 Å². The van der Waals surface area contributed by atoms with Crippen LogP contribution in [0.5, 0.6) is 11.5 Å². The van der Waals surface area contributed by atoms with Gasteiger partial charge < -0.3 is 41.0 Å². The summed E-state index contributed by atoms with van der Waals surface area (Å²) in [6.07, 6.45) is 1.01. The number of amides is 3. The van der Waals surface area contributed by atoms with Gasteiger partial charge in [0.05, 0.1) is 24.7 Å². The number of ether oxygens (including phenoxy) is 2. The maximum absolute atomic E-state index is 13.7. The Hall–Kier alpha value is -3.90. The molecule has 0 saturated carbocycles. The number of rotatable bonds is 12. The molecule has 1 heterocycles. The van der Waals surface area contributed by atoms with Gasteiger partial charge in [-0.2, -0.15) is 0 Å². The van der Waals surface area contributed by atoms with Crippen LogP contribution >= 0.6 is 11.6 Å². The first-order valence-electron chi connectivity index (χ1n) is 16.3. The van der Waals surface area contributed by atoms with Crippen LogP contribution in [0.4, 0.5) is 4.79 Å². The summed E-state index contributed by atoms with van der Waals surface area (Å²) in [5.41, 5.74) is 13.7. The molecule has 0 bridgehead atoms. The fourth-order valence-corrected chi connectivity index (χ4v) is 5.57. The highest BCUT2D eigenvalue weighted by atomic mass is 35.5. The zero-order chi connectivity index (χ0) is 33.9. The van der Waals surface area contributed by atoms with Crippen LogP contribution in [0, 0.1) is 0 Å². The summed E-state index contributed by atoms with van der Waals surface area (Å²) < 4.78 is 26.0.